The standard InChI is InChI=1S/C19H24N4O/c24-19(11-5-8-15-6-1-2-7-15)22-14-17-12-20-21-23(17)13-16-9-3-4-10-18(16)22/h3-4,9-10,12,15H,1-2,5-8,11,13-14H2. The Balaban J connectivity index is 1.49. The van der Waals surface area contributed by atoms with Crippen LogP contribution in [-0.2, 0) is 17.9 Å². The van der Waals surface area contributed by atoms with E-state index < -0.39 is 0 Å². The fourth-order valence-corrected chi connectivity index (χ4v) is 4.05. The van der Waals surface area contributed by atoms with Gasteiger partial charge in [-0.25, -0.2) is 4.68 Å². The predicted octanol–water partition coefficient (Wildman–Crippen LogP) is 3.53. The van der Waals surface area contributed by atoms with E-state index in [-0.39, 0.29) is 5.91 Å². The molecule has 5 heteroatoms. The van der Waals surface area contributed by atoms with Crippen molar-refractivity contribution in [1.82, 2.24) is 15.0 Å². The molecule has 1 aliphatic carbocycles. The Morgan fingerprint density at radius 1 is 1.17 bits per heavy atom. The van der Waals surface area contributed by atoms with Crippen molar-refractivity contribution in [2.45, 2.75) is 58.0 Å². The fourth-order valence-electron chi connectivity index (χ4n) is 4.05. The second-order valence-corrected chi connectivity index (χ2v) is 7.03. The lowest BCUT2D eigenvalue weighted by Crippen LogP contribution is -2.30. The van der Waals surface area contributed by atoms with Gasteiger partial charge in [0.15, 0.2) is 0 Å². The summed E-state index contributed by atoms with van der Waals surface area (Å²) in [5.41, 5.74) is 3.15. The van der Waals surface area contributed by atoms with Gasteiger partial charge in [0.05, 0.1) is 25.0 Å². The molecule has 126 valence electrons. The number of benzene rings is 1. The fraction of sp³-hybridized carbons (Fsp3) is 0.526. The highest BCUT2D eigenvalue weighted by molar-refractivity contribution is 5.94. The van der Waals surface area contributed by atoms with Crippen molar-refractivity contribution in [2.75, 3.05) is 4.90 Å². The summed E-state index contributed by atoms with van der Waals surface area (Å²) in [5.74, 6) is 1.06. The number of amides is 1. The lowest BCUT2D eigenvalue weighted by atomic mass is 10.0. The quantitative estimate of drug-likeness (QED) is 0.864. The summed E-state index contributed by atoms with van der Waals surface area (Å²) in [7, 11) is 0. The minimum Gasteiger partial charge on any atom is -0.306 e. The molecule has 0 radical (unpaired) electrons. The molecular weight excluding hydrogens is 300 g/mol. The molecule has 0 bridgehead atoms. The number of anilines is 1. The maximum absolute atomic E-state index is 12.9. The minimum absolute atomic E-state index is 0.218. The van der Waals surface area contributed by atoms with Gasteiger partial charge in [-0.1, -0.05) is 49.1 Å². The third kappa shape index (κ3) is 3.07. The number of aromatic nitrogens is 3. The van der Waals surface area contributed by atoms with Crippen molar-refractivity contribution in [3.63, 3.8) is 0 Å². The number of para-hydroxylation sites is 1. The summed E-state index contributed by atoms with van der Waals surface area (Å²) >= 11 is 0. The van der Waals surface area contributed by atoms with Crippen molar-refractivity contribution in [3.05, 3.63) is 41.7 Å². The summed E-state index contributed by atoms with van der Waals surface area (Å²) in [4.78, 5) is 14.8. The Morgan fingerprint density at radius 2 is 2.00 bits per heavy atom. The van der Waals surface area contributed by atoms with Crippen LogP contribution in [0, 0.1) is 5.92 Å². The van der Waals surface area contributed by atoms with Gasteiger partial charge >= 0.3 is 0 Å². The largest absolute Gasteiger partial charge is 0.306 e. The maximum atomic E-state index is 12.9. The number of carbonyl (C=O) groups excluding carboxylic acids is 1. The van der Waals surface area contributed by atoms with Crippen LogP contribution in [0.5, 0.6) is 0 Å². The van der Waals surface area contributed by atoms with Gasteiger partial charge in [0.2, 0.25) is 5.91 Å². The van der Waals surface area contributed by atoms with E-state index in [1.165, 1.54) is 32.1 Å². The van der Waals surface area contributed by atoms with Gasteiger partial charge in [0.1, 0.15) is 0 Å². The number of carbonyl (C=O) groups is 1. The van der Waals surface area contributed by atoms with E-state index in [1.54, 1.807) is 6.20 Å². The molecular formula is C19H24N4O. The number of nitrogens with zero attached hydrogens (tertiary/aromatic N) is 4. The van der Waals surface area contributed by atoms with Crippen molar-refractivity contribution >= 4 is 11.6 Å². The predicted molar refractivity (Wildman–Crippen MR) is 92.6 cm³/mol. The van der Waals surface area contributed by atoms with E-state index in [0.29, 0.717) is 19.5 Å². The molecule has 1 saturated carbocycles. The van der Waals surface area contributed by atoms with Crippen LogP contribution in [0.3, 0.4) is 0 Å². The molecule has 2 heterocycles. The van der Waals surface area contributed by atoms with Crippen LogP contribution in [0.15, 0.2) is 30.5 Å². The molecule has 0 atom stereocenters. The Morgan fingerprint density at radius 3 is 2.88 bits per heavy atom. The molecule has 0 spiro atoms. The van der Waals surface area contributed by atoms with Crippen molar-refractivity contribution < 1.29 is 4.79 Å². The minimum atomic E-state index is 0.218. The van der Waals surface area contributed by atoms with Crippen LogP contribution in [0.25, 0.3) is 0 Å². The second kappa shape index (κ2) is 6.75. The molecule has 1 amide bonds. The normalized spacial score (nSPS) is 17.4. The van der Waals surface area contributed by atoms with E-state index >= 15 is 0 Å². The Hall–Kier alpha value is -2.17. The number of fused-ring (bicyclic) bond motifs is 2. The first-order valence-corrected chi connectivity index (χ1v) is 9.07. The SMILES string of the molecule is O=C(CCCC1CCCC1)N1Cc2cnnn2Cc2ccccc21. The molecule has 5 nitrogen and oxygen atoms in total. The summed E-state index contributed by atoms with van der Waals surface area (Å²) in [5, 5.41) is 8.15. The monoisotopic (exact) mass is 324 g/mol. The highest BCUT2D eigenvalue weighted by Crippen LogP contribution is 2.30. The molecule has 2 aromatic rings. The average Bonchev–Trinajstić information content (AvgIpc) is 3.23. The lowest BCUT2D eigenvalue weighted by molar-refractivity contribution is -0.118. The summed E-state index contributed by atoms with van der Waals surface area (Å²) < 4.78 is 1.89. The van der Waals surface area contributed by atoms with E-state index in [9.17, 15) is 4.79 Å². The lowest BCUT2D eigenvalue weighted by Gasteiger charge is -2.22. The molecule has 1 fully saturated rings. The molecule has 1 aliphatic heterocycles. The van der Waals surface area contributed by atoms with E-state index in [0.717, 1.165) is 29.3 Å². The summed E-state index contributed by atoms with van der Waals surface area (Å²) in [6.45, 7) is 1.24. The maximum Gasteiger partial charge on any atom is 0.227 e. The van der Waals surface area contributed by atoms with Crippen LogP contribution < -0.4 is 4.90 Å². The van der Waals surface area contributed by atoms with E-state index in [2.05, 4.69) is 16.4 Å². The van der Waals surface area contributed by atoms with Gasteiger partial charge in [0.25, 0.3) is 0 Å². The van der Waals surface area contributed by atoms with Crippen LogP contribution >= 0.6 is 0 Å². The van der Waals surface area contributed by atoms with Crippen molar-refractivity contribution in [2.24, 2.45) is 5.92 Å². The molecule has 2 aliphatic rings. The van der Waals surface area contributed by atoms with Gasteiger partial charge < -0.3 is 4.90 Å². The molecule has 0 N–H and O–H groups in total. The van der Waals surface area contributed by atoms with Gasteiger partial charge in [-0.15, -0.1) is 5.10 Å². The number of hydrogen-bond acceptors (Lipinski definition) is 3. The summed E-state index contributed by atoms with van der Waals surface area (Å²) in [6.07, 6.45) is 10.0. The first kappa shape index (κ1) is 15.4. The average molecular weight is 324 g/mol. The Kier molecular flexibility index (Phi) is 4.32. The van der Waals surface area contributed by atoms with Crippen LogP contribution in [0.4, 0.5) is 5.69 Å². The number of hydrogen-bond donors (Lipinski definition) is 0. The van der Waals surface area contributed by atoms with E-state index in [4.69, 9.17) is 0 Å². The zero-order valence-electron chi connectivity index (χ0n) is 14.0. The third-order valence-electron chi connectivity index (χ3n) is 5.40. The first-order chi connectivity index (χ1) is 11.8. The van der Waals surface area contributed by atoms with Gasteiger partial charge in [-0.2, -0.15) is 0 Å². The Bertz CT molecular complexity index is 718. The molecule has 1 aromatic carbocycles. The molecule has 1 aromatic heterocycles. The van der Waals surface area contributed by atoms with Crippen LogP contribution in [-0.4, -0.2) is 20.9 Å². The molecule has 4 rings (SSSR count). The zero-order valence-corrected chi connectivity index (χ0v) is 14.0. The van der Waals surface area contributed by atoms with Crippen molar-refractivity contribution in [1.29, 1.82) is 0 Å². The molecule has 24 heavy (non-hydrogen) atoms. The van der Waals surface area contributed by atoms with Crippen LogP contribution in [0.1, 0.15) is 56.2 Å². The molecule has 0 unspecified atom stereocenters. The van der Waals surface area contributed by atoms with E-state index in [1.807, 2.05) is 27.8 Å². The number of rotatable bonds is 4. The first-order valence-electron chi connectivity index (χ1n) is 9.07. The summed E-state index contributed by atoms with van der Waals surface area (Å²) in [6, 6.07) is 8.14. The second-order valence-electron chi connectivity index (χ2n) is 7.03. The topological polar surface area (TPSA) is 51.0 Å². The van der Waals surface area contributed by atoms with Crippen LogP contribution in [0.2, 0.25) is 0 Å². The third-order valence-corrected chi connectivity index (χ3v) is 5.40. The zero-order chi connectivity index (χ0) is 16.4. The highest BCUT2D eigenvalue weighted by atomic mass is 16.2. The van der Waals surface area contributed by atoms with Crippen molar-refractivity contribution in [3.8, 4) is 0 Å². The molecule has 0 saturated heterocycles. The highest BCUT2D eigenvalue weighted by Gasteiger charge is 2.24. The van der Waals surface area contributed by atoms with Gasteiger partial charge in [0, 0.05) is 12.1 Å². The smallest absolute Gasteiger partial charge is 0.227 e. The van der Waals surface area contributed by atoms with Gasteiger partial charge in [-0.05, 0) is 30.4 Å². The Labute approximate surface area is 142 Å². The van der Waals surface area contributed by atoms with Gasteiger partial charge in [-0.3, -0.25) is 4.79 Å².